The summed E-state index contributed by atoms with van der Waals surface area (Å²) in [5.74, 6) is -0.956. The summed E-state index contributed by atoms with van der Waals surface area (Å²) in [7, 11) is 0. The first-order valence-corrected chi connectivity index (χ1v) is 8.38. The standard InChI is InChI=1S/C18H17ClN4O3/c1-11-5-7-13(8-6-11)23-12(2)17(25)22(18(23)26)10-15(24)21-14-4-3-9-20-16(14)19/h3-9,12H,10H2,1-2H3,(H,21,24)/t12-/m1/s1. The predicted octanol–water partition coefficient (Wildman–Crippen LogP) is 2.84. The maximum Gasteiger partial charge on any atom is 0.332 e. The van der Waals surface area contributed by atoms with E-state index in [1.165, 1.54) is 11.1 Å². The molecular formula is C18H17ClN4O3. The quantitative estimate of drug-likeness (QED) is 0.660. The van der Waals surface area contributed by atoms with E-state index in [1.807, 2.05) is 19.1 Å². The SMILES string of the molecule is Cc1ccc(N2C(=O)N(CC(=O)Nc3cccnc3Cl)C(=O)[C@H]2C)cc1. The topological polar surface area (TPSA) is 82.6 Å². The Morgan fingerprint density at radius 3 is 2.58 bits per heavy atom. The van der Waals surface area contributed by atoms with Gasteiger partial charge in [-0.2, -0.15) is 0 Å². The highest BCUT2D eigenvalue weighted by Gasteiger charge is 2.44. The zero-order valence-electron chi connectivity index (χ0n) is 14.3. The normalized spacial score (nSPS) is 17.0. The van der Waals surface area contributed by atoms with Gasteiger partial charge in [0.05, 0.1) is 5.69 Å². The van der Waals surface area contributed by atoms with Gasteiger partial charge in [-0.15, -0.1) is 0 Å². The first-order chi connectivity index (χ1) is 12.4. The fourth-order valence-corrected chi connectivity index (χ4v) is 2.89. The Hall–Kier alpha value is -2.93. The van der Waals surface area contributed by atoms with Crippen molar-refractivity contribution in [2.24, 2.45) is 0 Å². The van der Waals surface area contributed by atoms with Crippen LogP contribution in [0.15, 0.2) is 42.6 Å². The Labute approximate surface area is 155 Å². The lowest BCUT2D eigenvalue weighted by Crippen LogP contribution is -2.39. The molecule has 3 rings (SSSR count). The van der Waals surface area contributed by atoms with Gasteiger partial charge in [0.15, 0.2) is 5.15 Å². The van der Waals surface area contributed by atoms with E-state index in [1.54, 1.807) is 31.2 Å². The van der Waals surface area contributed by atoms with Gasteiger partial charge in [-0.05, 0) is 38.1 Å². The van der Waals surface area contributed by atoms with Crippen molar-refractivity contribution in [2.75, 3.05) is 16.8 Å². The van der Waals surface area contributed by atoms with Crippen LogP contribution < -0.4 is 10.2 Å². The molecule has 1 fully saturated rings. The van der Waals surface area contributed by atoms with Crippen LogP contribution in [0.2, 0.25) is 5.15 Å². The number of nitrogens with one attached hydrogen (secondary N) is 1. The number of urea groups is 1. The third kappa shape index (κ3) is 3.39. The van der Waals surface area contributed by atoms with E-state index >= 15 is 0 Å². The smallest absolute Gasteiger partial charge is 0.322 e. The van der Waals surface area contributed by atoms with Crippen LogP contribution in [-0.4, -0.2) is 40.3 Å². The van der Waals surface area contributed by atoms with Crippen LogP contribution in [0.5, 0.6) is 0 Å². The van der Waals surface area contributed by atoms with Gasteiger partial charge in [0, 0.05) is 11.9 Å². The van der Waals surface area contributed by atoms with E-state index in [9.17, 15) is 14.4 Å². The lowest BCUT2D eigenvalue weighted by atomic mass is 10.2. The van der Waals surface area contributed by atoms with Gasteiger partial charge < -0.3 is 5.32 Å². The molecule has 2 heterocycles. The summed E-state index contributed by atoms with van der Waals surface area (Å²) in [6, 6.07) is 9.26. The molecule has 1 aromatic carbocycles. The van der Waals surface area contributed by atoms with Crippen LogP contribution in [0, 0.1) is 6.92 Å². The molecule has 0 bridgehead atoms. The summed E-state index contributed by atoms with van der Waals surface area (Å²) < 4.78 is 0. The van der Waals surface area contributed by atoms with Crippen LogP contribution in [0.1, 0.15) is 12.5 Å². The molecule has 0 saturated carbocycles. The fraction of sp³-hybridized carbons (Fsp3) is 0.222. The first-order valence-electron chi connectivity index (χ1n) is 8.00. The molecule has 4 amide bonds. The molecule has 1 aliphatic heterocycles. The minimum absolute atomic E-state index is 0.134. The highest BCUT2D eigenvalue weighted by Crippen LogP contribution is 2.26. The molecule has 1 aromatic heterocycles. The lowest BCUT2D eigenvalue weighted by molar-refractivity contribution is -0.130. The number of benzene rings is 1. The Morgan fingerprint density at radius 2 is 1.92 bits per heavy atom. The molecule has 2 aromatic rings. The van der Waals surface area contributed by atoms with Crippen LogP contribution in [-0.2, 0) is 9.59 Å². The second-order valence-electron chi connectivity index (χ2n) is 5.98. The lowest BCUT2D eigenvalue weighted by Gasteiger charge is -2.19. The van der Waals surface area contributed by atoms with Gasteiger partial charge in [-0.1, -0.05) is 29.3 Å². The van der Waals surface area contributed by atoms with E-state index in [0.29, 0.717) is 11.4 Å². The second kappa shape index (κ2) is 7.13. The summed E-state index contributed by atoms with van der Waals surface area (Å²) >= 11 is 5.90. The van der Waals surface area contributed by atoms with Gasteiger partial charge in [-0.25, -0.2) is 9.78 Å². The number of carbonyl (C=O) groups excluding carboxylic acids is 3. The minimum Gasteiger partial charge on any atom is -0.322 e. The van der Waals surface area contributed by atoms with Crippen molar-refractivity contribution in [3.63, 3.8) is 0 Å². The Morgan fingerprint density at radius 1 is 1.23 bits per heavy atom. The van der Waals surface area contributed by atoms with Gasteiger partial charge in [0.1, 0.15) is 12.6 Å². The molecule has 0 spiro atoms. The van der Waals surface area contributed by atoms with Crippen molar-refractivity contribution < 1.29 is 14.4 Å². The second-order valence-corrected chi connectivity index (χ2v) is 6.34. The van der Waals surface area contributed by atoms with Gasteiger partial charge in [-0.3, -0.25) is 19.4 Å². The molecule has 0 unspecified atom stereocenters. The molecule has 26 heavy (non-hydrogen) atoms. The molecule has 0 radical (unpaired) electrons. The summed E-state index contributed by atoms with van der Waals surface area (Å²) in [6.07, 6.45) is 1.49. The number of aromatic nitrogens is 1. The molecule has 8 heteroatoms. The van der Waals surface area contributed by atoms with E-state index in [0.717, 1.165) is 10.5 Å². The Balaban J connectivity index is 1.75. The summed E-state index contributed by atoms with van der Waals surface area (Å²) in [6.45, 7) is 3.18. The number of rotatable bonds is 4. The first kappa shape index (κ1) is 17.9. The van der Waals surface area contributed by atoms with E-state index in [4.69, 9.17) is 11.6 Å². The zero-order chi connectivity index (χ0) is 18.8. The highest BCUT2D eigenvalue weighted by atomic mass is 35.5. The number of carbonyl (C=O) groups is 3. The molecule has 1 saturated heterocycles. The number of anilines is 2. The number of halogens is 1. The molecule has 0 aliphatic carbocycles. The van der Waals surface area contributed by atoms with Crippen LogP contribution in [0.25, 0.3) is 0 Å². The zero-order valence-corrected chi connectivity index (χ0v) is 15.0. The predicted molar refractivity (Wildman–Crippen MR) is 98.1 cm³/mol. The summed E-state index contributed by atoms with van der Waals surface area (Å²) in [5.41, 5.74) is 1.98. The highest BCUT2D eigenvalue weighted by molar-refractivity contribution is 6.32. The van der Waals surface area contributed by atoms with Crippen molar-refractivity contribution in [3.05, 3.63) is 53.3 Å². The number of nitrogens with zero attached hydrogens (tertiary/aromatic N) is 3. The number of pyridine rings is 1. The monoisotopic (exact) mass is 372 g/mol. The van der Waals surface area contributed by atoms with Gasteiger partial charge >= 0.3 is 6.03 Å². The van der Waals surface area contributed by atoms with Crippen molar-refractivity contribution in [1.82, 2.24) is 9.88 Å². The molecule has 134 valence electrons. The molecule has 1 aliphatic rings. The Bertz CT molecular complexity index is 869. The van der Waals surface area contributed by atoms with Crippen molar-refractivity contribution >= 4 is 40.8 Å². The molecule has 1 N–H and O–H groups in total. The summed E-state index contributed by atoms with van der Waals surface area (Å²) in [4.78, 5) is 43.6. The average molecular weight is 373 g/mol. The largest absolute Gasteiger partial charge is 0.332 e. The fourth-order valence-electron chi connectivity index (χ4n) is 2.72. The molecule has 1 atom stereocenters. The van der Waals surface area contributed by atoms with E-state index in [2.05, 4.69) is 10.3 Å². The maximum atomic E-state index is 12.7. The van der Waals surface area contributed by atoms with Crippen LogP contribution in [0.4, 0.5) is 16.2 Å². The van der Waals surface area contributed by atoms with Crippen molar-refractivity contribution in [2.45, 2.75) is 19.9 Å². The number of imide groups is 1. The van der Waals surface area contributed by atoms with Gasteiger partial charge in [0.2, 0.25) is 5.91 Å². The third-order valence-corrected chi connectivity index (χ3v) is 4.40. The van der Waals surface area contributed by atoms with E-state index < -0.39 is 30.4 Å². The number of amides is 4. The molecular weight excluding hydrogens is 356 g/mol. The maximum absolute atomic E-state index is 12.7. The van der Waals surface area contributed by atoms with Crippen molar-refractivity contribution in [3.8, 4) is 0 Å². The number of hydrogen-bond acceptors (Lipinski definition) is 4. The van der Waals surface area contributed by atoms with Crippen LogP contribution >= 0.6 is 11.6 Å². The van der Waals surface area contributed by atoms with Crippen LogP contribution in [0.3, 0.4) is 0 Å². The Kier molecular flexibility index (Phi) is 4.90. The number of hydrogen-bond donors (Lipinski definition) is 1. The van der Waals surface area contributed by atoms with Crippen molar-refractivity contribution in [1.29, 1.82) is 0 Å². The van der Waals surface area contributed by atoms with E-state index in [-0.39, 0.29) is 5.15 Å². The number of aryl methyl sites for hydroxylation is 1. The average Bonchev–Trinajstić information content (AvgIpc) is 2.82. The summed E-state index contributed by atoms with van der Waals surface area (Å²) in [5, 5.41) is 2.69. The third-order valence-electron chi connectivity index (χ3n) is 4.09. The van der Waals surface area contributed by atoms with Gasteiger partial charge in [0.25, 0.3) is 5.91 Å². The minimum atomic E-state index is -0.681. The molecule has 7 nitrogen and oxygen atoms in total.